The summed E-state index contributed by atoms with van der Waals surface area (Å²) in [4.78, 5) is 2.52. The summed E-state index contributed by atoms with van der Waals surface area (Å²) in [5.41, 5.74) is 7.73. The summed E-state index contributed by atoms with van der Waals surface area (Å²) < 4.78 is 5.64. The van der Waals surface area contributed by atoms with Gasteiger partial charge >= 0.3 is 0 Å². The maximum absolute atomic E-state index is 6.02. The highest BCUT2D eigenvalue weighted by Crippen LogP contribution is 2.34. The number of nitrogens with two attached hydrogens (primary N) is 1. The molecule has 0 amide bonds. The molecule has 0 saturated carbocycles. The lowest BCUT2D eigenvalue weighted by molar-refractivity contribution is 0.223. The van der Waals surface area contributed by atoms with Gasteiger partial charge in [0.05, 0.1) is 6.61 Å². The van der Waals surface area contributed by atoms with Crippen LogP contribution >= 0.6 is 0 Å². The molecule has 1 aromatic rings. The van der Waals surface area contributed by atoms with Gasteiger partial charge in [-0.25, -0.2) is 0 Å². The zero-order valence-corrected chi connectivity index (χ0v) is 13.1. The molecule has 1 aliphatic heterocycles. The topological polar surface area (TPSA) is 38.5 Å². The van der Waals surface area contributed by atoms with Gasteiger partial charge in [-0.3, -0.25) is 4.90 Å². The quantitative estimate of drug-likeness (QED) is 0.867. The Kier molecular flexibility index (Phi) is 5.06. The van der Waals surface area contributed by atoms with E-state index in [1.54, 1.807) is 0 Å². The Morgan fingerprint density at radius 1 is 1.30 bits per heavy atom. The second-order valence-electron chi connectivity index (χ2n) is 6.55. The highest BCUT2D eigenvalue weighted by molar-refractivity contribution is 5.29. The zero-order valence-electron chi connectivity index (χ0n) is 13.1. The normalized spacial score (nSPS) is 20.0. The molecule has 1 atom stereocenters. The summed E-state index contributed by atoms with van der Waals surface area (Å²) in [5, 5.41) is 0. The minimum atomic E-state index is 0.331. The summed E-state index contributed by atoms with van der Waals surface area (Å²) in [6, 6.07) is 8.78. The maximum atomic E-state index is 6.02. The van der Waals surface area contributed by atoms with E-state index in [0.29, 0.717) is 18.0 Å². The lowest BCUT2D eigenvalue weighted by Gasteiger charge is -2.28. The highest BCUT2D eigenvalue weighted by Gasteiger charge is 2.33. The fourth-order valence-corrected chi connectivity index (χ4v) is 2.92. The number of benzene rings is 1. The van der Waals surface area contributed by atoms with Crippen molar-refractivity contribution in [3.05, 3.63) is 29.8 Å². The van der Waals surface area contributed by atoms with Gasteiger partial charge in [-0.05, 0) is 42.5 Å². The first kappa shape index (κ1) is 15.3. The van der Waals surface area contributed by atoms with Crippen LogP contribution in [0.2, 0.25) is 0 Å². The molecule has 3 heteroatoms. The predicted molar refractivity (Wildman–Crippen MR) is 84.0 cm³/mol. The average molecular weight is 276 g/mol. The molecular weight excluding hydrogens is 248 g/mol. The van der Waals surface area contributed by atoms with Crippen molar-refractivity contribution >= 4 is 0 Å². The van der Waals surface area contributed by atoms with Crippen LogP contribution in [0, 0.1) is 5.41 Å². The second-order valence-corrected chi connectivity index (χ2v) is 6.55. The lowest BCUT2D eigenvalue weighted by atomic mass is 9.93. The molecule has 112 valence electrons. The molecular formula is C17H28N2O. The fourth-order valence-electron chi connectivity index (χ4n) is 2.92. The third-order valence-corrected chi connectivity index (χ3v) is 4.11. The first-order chi connectivity index (χ1) is 9.55. The molecule has 2 rings (SSSR count). The molecule has 0 bridgehead atoms. The first-order valence-corrected chi connectivity index (χ1v) is 7.72. The minimum absolute atomic E-state index is 0.331. The van der Waals surface area contributed by atoms with E-state index in [2.05, 4.69) is 49.9 Å². The molecule has 0 radical (unpaired) electrons. The summed E-state index contributed by atoms with van der Waals surface area (Å²) in [6.07, 6.45) is 2.29. The molecule has 1 unspecified atom stereocenters. The average Bonchev–Trinajstić information content (AvgIpc) is 2.79. The van der Waals surface area contributed by atoms with Gasteiger partial charge in [0.1, 0.15) is 5.75 Å². The number of hydrogen-bond donors (Lipinski definition) is 1. The Bertz CT molecular complexity index is 414. The van der Waals surface area contributed by atoms with E-state index in [9.17, 15) is 0 Å². The van der Waals surface area contributed by atoms with E-state index in [0.717, 1.165) is 31.9 Å². The van der Waals surface area contributed by atoms with Gasteiger partial charge in [0, 0.05) is 19.1 Å². The second kappa shape index (κ2) is 6.59. The monoisotopic (exact) mass is 276 g/mol. The number of ether oxygens (including phenoxy) is 1. The molecule has 1 heterocycles. The Labute approximate surface area is 123 Å². The van der Waals surface area contributed by atoms with Crippen molar-refractivity contribution in [2.24, 2.45) is 11.1 Å². The van der Waals surface area contributed by atoms with Gasteiger partial charge in [0.2, 0.25) is 0 Å². The summed E-state index contributed by atoms with van der Waals surface area (Å²) >= 11 is 0. The predicted octanol–water partition coefficient (Wildman–Crippen LogP) is 3.21. The van der Waals surface area contributed by atoms with Crippen molar-refractivity contribution in [2.45, 2.75) is 39.7 Å². The van der Waals surface area contributed by atoms with Crippen LogP contribution in [0.3, 0.4) is 0 Å². The van der Waals surface area contributed by atoms with E-state index < -0.39 is 0 Å². The SMILES string of the molecule is CCCOc1ccc(C(CN)N2CCC(C)(C)C2)cc1. The van der Waals surface area contributed by atoms with Gasteiger partial charge in [0.15, 0.2) is 0 Å². The van der Waals surface area contributed by atoms with Crippen LogP contribution < -0.4 is 10.5 Å². The summed E-state index contributed by atoms with van der Waals surface area (Å²) in [5.74, 6) is 0.952. The van der Waals surface area contributed by atoms with Crippen LogP contribution in [0.1, 0.15) is 45.2 Å². The third-order valence-electron chi connectivity index (χ3n) is 4.11. The van der Waals surface area contributed by atoms with Crippen molar-refractivity contribution in [3.63, 3.8) is 0 Å². The van der Waals surface area contributed by atoms with Crippen LogP contribution in [0.5, 0.6) is 5.75 Å². The van der Waals surface area contributed by atoms with Gasteiger partial charge in [-0.2, -0.15) is 0 Å². The molecule has 0 spiro atoms. The largest absolute Gasteiger partial charge is 0.494 e. The molecule has 0 aromatic heterocycles. The van der Waals surface area contributed by atoms with Crippen LogP contribution in [0.25, 0.3) is 0 Å². The number of hydrogen-bond acceptors (Lipinski definition) is 3. The molecule has 20 heavy (non-hydrogen) atoms. The zero-order chi connectivity index (χ0) is 14.6. The van der Waals surface area contributed by atoms with E-state index in [1.807, 2.05) is 0 Å². The molecule has 1 saturated heterocycles. The molecule has 1 fully saturated rings. The Morgan fingerprint density at radius 3 is 2.50 bits per heavy atom. The standard InChI is InChI=1S/C17H28N2O/c1-4-11-20-15-7-5-14(6-8-15)16(12-18)19-10-9-17(2,3)13-19/h5-8,16H,4,9-13,18H2,1-3H3. The molecule has 0 aliphatic carbocycles. The van der Waals surface area contributed by atoms with Crippen molar-refractivity contribution < 1.29 is 4.74 Å². The smallest absolute Gasteiger partial charge is 0.119 e. The Hall–Kier alpha value is -1.06. The molecule has 3 nitrogen and oxygen atoms in total. The molecule has 2 N–H and O–H groups in total. The number of likely N-dealkylation sites (tertiary alicyclic amines) is 1. The van der Waals surface area contributed by atoms with Crippen molar-refractivity contribution in [1.29, 1.82) is 0 Å². The van der Waals surface area contributed by atoms with Crippen LogP contribution in [-0.4, -0.2) is 31.1 Å². The van der Waals surface area contributed by atoms with Crippen molar-refractivity contribution in [1.82, 2.24) is 4.90 Å². The lowest BCUT2D eigenvalue weighted by Crippen LogP contribution is -2.33. The highest BCUT2D eigenvalue weighted by atomic mass is 16.5. The minimum Gasteiger partial charge on any atom is -0.494 e. The molecule has 1 aliphatic rings. The summed E-state index contributed by atoms with van der Waals surface area (Å²) in [6.45, 7) is 10.5. The van der Waals surface area contributed by atoms with Crippen LogP contribution in [-0.2, 0) is 0 Å². The Balaban J connectivity index is 2.04. The summed E-state index contributed by atoms with van der Waals surface area (Å²) in [7, 11) is 0. The van der Waals surface area contributed by atoms with Crippen LogP contribution in [0.4, 0.5) is 0 Å². The van der Waals surface area contributed by atoms with E-state index >= 15 is 0 Å². The van der Waals surface area contributed by atoms with Gasteiger partial charge in [0.25, 0.3) is 0 Å². The number of rotatable bonds is 6. The van der Waals surface area contributed by atoms with Crippen molar-refractivity contribution in [2.75, 3.05) is 26.2 Å². The van der Waals surface area contributed by atoms with E-state index in [1.165, 1.54) is 12.0 Å². The first-order valence-electron chi connectivity index (χ1n) is 7.72. The Morgan fingerprint density at radius 2 is 2.00 bits per heavy atom. The van der Waals surface area contributed by atoms with Crippen LogP contribution in [0.15, 0.2) is 24.3 Å². The van der Waals surface area contributed by atoms with E-state index in [4.69, 9.17) is 10.5 Å². The maximum Gasteiger partial charge on any atom is 0.119 e. The van der Waals surface area contributed by atoms with Crippen molar-refractivity contribution in [3.8, 4) is 5.75 Å². The fraction of sp³-hybridized carbons (Fsp3) is 0.647. The van der Waals surface area contributed by atoms with Gasteiger partial charge in [-0.1, -0.05) is 32.9 Å². The third kappa shape index (κ3) is 3.74. The number of nitrogens with zero attached hydrogens (tertiary/aromatic N) is 1. The van der Waals surface area contributed by atoms with Gasteiger partial charge < -0.3 is 10.5 Å². The van der Waals surface area contributed by atoms with E-state index in [-0.39, 0.29) is 0 Å². The molecule has 1 aromatic carbocycles. The van der Waals surface area contributed by atoms with Gasteiger partial charge in [-0.15, -0.1) is 0 Å².